The standard InChI is InChI=1S/C20H26Cl2N2O4/c1-12(2)10-17(23-18(25)15-5-4-14(21)11-16(15)22)19(26)24-8-6-13(7-9-24)20(27)28-3/h4-5,11-13,17H,6-10H2,1-3H3,(H,23,25). The topological polar surface area (TPSA) is 75.7 Å². The number of benzene rings is 1. The maximum atomic E-state index is 13.0. The first kappa shape index (κ1) is 22.5. The van der Waals surface area contributed by atoms with Crippen LogP contribution in [0.5, 0.6) is 0 Å². The summed E-state index contributed by atoms with van der Waals surface area (Å²) in [7, 11) is 1.37. The van der Waals surface area contributed by atoms with Crippen LogP contribution in [-0.4, -0.2) is 48.9 Å². The van der Waals surface area contributed by atoms with E-state index < -0.39 is 11.9 Å². The number of nitrogens with one attached hydrogen (secondary N) is 1. The van der Waals surface area contributed by atoms with Gasteiger partial charge in [0.25, 0.3) is 5.91 Å². The minimum Gasteiger partial charge on any atom is -0.469 e. The molecule has 28 heavy (non-hydrogen) atoms. The van der Waals surface area contributed by atoms with Crippen molar-refractivity contribution in [1.82, 2.24) is 10.2 Å². The Bertz CT molecular complexity index is 731. The summed E-state index contributed by atoms with van der Waals surface area (Å²) in [5, 5.41) is 3.49. The number of ether oxygens (including phenoxy) is 1. The van der Waals surface area contributed by atoms with Gasteiger partial charge in [0.15, 0.2) is 0 Å². The molecule has 0 radical (unpaired) electrons. The average Bonchev–Trinajstić information content (AvgIpc) is 2.65. The zero-order valence-electron chi connectivity index (χ0n) is 16.3. The molecule has 0 aliphatic carbocycles. The molecule has 1 aliphatic rings. The van der Waals surface area contributed by atoms with Crippen LogP contribution in [0.15, 0.2) is 18.2 Å². The van der Waals surface area contributed by atoms with E-state index in [2.05, 4.69) is 5.32 Å². The number of carbonyl (C=O) groups is 3. The lowest BCUT2D eigenvalue weighted by Gasteiger charge is -2.34. The molecular weight excluding hydrogens is 403 g/mol. The first-order valence-corrected chi connectivity index (χ1v) is 10.1. The third-order valence-corrected chi connectivity index (χ3v) is 5.38. The van der Waals surface area contributed by atoms with E-state index in [4.69, 9.17) is 27.9 Å². The highest BCUT2D eigenvalue weighted by Gasteiger charge is 2.32. The second kappa shape index (κ2) is 10.1. The Morgan fingerprint density at radius 3 is 2.39 bits per heavy atom. The fourth-order valence-electron chi connectivity index (χ4n) is 3.33. The van der Waals surface area contributed by atoms with Crippen LogP contribution in [0, 0.1) is 11.8 Å². The molecule has 1 heterocycles. The molecule has 1 aromatic carbocycles. The highest BCUT2D eigenvalue weighted by molar-refractivity contribution is 6.36. The lowest BCUT2D eigenvalue weighted by molar-refractivity contribution is -0.149. The average molecular weight is 429 g/mol. The monoisotopic (exact) mass is 428 g/mol. The summed E-state index contributed by atoms with van der Waals surface area (Å²) in [5.74, 6) is -0.764. The Morgan fingerprint density at radius 2 is 1.86 bits per heavy atom. The lowest BCUT2D eigenvalue weighted by Crippen LogP contribution is -2.51. The number of carbonyl (C=O) groups excluding carboxylic acids is 3. The molecule has 2 rings (SSSR count). The fraction of sp³-hybridized carbons (Fsp3) is 0.550. The third kappa shape index (κ3) is 5.85. The number of piperidine rings is 1. The van der Waals surface area contributed by atoms with Gasteiger partial charge in [-0.05, 0) is 43.4 Å². The van der Waals surface area contributed by atoms with Crippen LogP contribution >= 0.6 is 23.2 Å². The van der Waals surface area contributed by atoms with Gasteiger partial charge < -0.3 is 15.0 Å². The van der Waals surface area contributed by atoms with Crippen LogP contribution in [0.3, 0.4) is 0 Å². The predicted molar refractivity (Wildman–Crippen MR) is 108 cm³/mol. The van der Waals surface area contributed by atoms with Crippen LogP contribution in [-0.2, 0) is 14.3 Å². The van der Waals surface area contributed by atoms with E-state index in [1.165, 1.54) is 13.2 Å². The Balaban J connectivity index is 2.07. The number of hydrogen-bond acceptors (Lipinski definition) is 4. The van der Waals surface area contributed by atoms with Crippen molar-refractivity contribution in [2.45, 2.75) is 39.2 Å². The number of amides is 2. The summed E-state index contributed by atoms with van der Waals surface area (Å²) in [6.45, 7) is 4.91. The van der Waals surface area contributed by atoms with Crippen molar-refractivity contribution in [3.8, 4) is 0 Å². The summed E-state index contributed by atoms with van der Waals surface area (Å²) >= 11 is 12.0. The van der Waals surface area contributed by atoms with Gasteiger partial charge in [0.2, 0.25) is 5.91 Å². The molecule has 1 aromatic rings. The molecule has 2 amide bonds. The van der Waals surface area contributed by atoms with Gasteiger partial charge in [-0.2, -0.15) is 0 Å². The quantitative estimate of drug-likeness (QED) is 0.702. The van der Waals surface area contributed by atoms with Crippen LogP contribution in [0.1, 0.15) is 43.5 Å². The van der Waals surface area contributed by atoms with E-state index in [1.54, 1.807) is 17.0 Å². The van der Waals surface area contributed by atoms with Crippen molar-refractivity contribution in [3.05, 3.63) is 33.8 Å². The summed E-state index contributed by atoms with van der Waals surface area (Å²) in [5.41, 5.74) is 0.275. The highest BCUT2D eigenvalue weighted by atomic mass is 35.5. The van der Waals surface area contributed by atoms with Gasteiger partial charge in [-0.1, -0.05) is 37.0 Å². The molecule has 0 saturated carbocycles. The van der Waals surface area contributed by atoms with E-state index >= 15 is 0 Å². The van der Waals surface area contributed by atoms with Crippen molar-refractivity contribution < 1.29 is 19.1 Å². The molecule has 0 spiro atoms. The molecular formula is C20H26Cl2N2O4. The van der Waals surface area contributed by atoms with Crippen LogP contribution in [0.4, 0.5) is 0 Å². The molecule has 0 aromatic heterocycles. The summed E-state index contributed by atoms with van der Waals surface area (Å²) in [6.07, 6.45) is 1.63. The van der Waals surface area contributed by atoms with Crippen molar-refractivity contribution >= 4 is 41.0 Å². The molecule has 1 N–H and O–H groups in total. The predicted octanol–water partition coefficient (Wildman–Crippen LogP) is 3.55. The van der Waals surface area contributed by atoms with Gasteiger partial charge in [0.05, 0.1) is 23.6 Å². The minimum atomic E-state index is -0.658. The Kier molecular flexibility index (Phi) is 8.13. The molecule has 1 saturated heterocycles. The van der Waals surface area contributed by atoms with Crippen molar-refractivity contribution in [2.24, 2.45) is 11.8 Å². The number of nitrogens with zero attached hydrogens (tertiary/aromatic N) is 1. The maximum absolute atomic E-state index is 13.0. The Morgan fingerprint density at radius 1 is 1.21 bits per heavy atom. The third-order valence-electron chi connectivity index (χ3n) is 4.83. The van der Waals surface area contributed by atoms with Gasteiger partial charge in [-0.3, -0.25) is 14.4 Å². The van der Waals surface area contributed by atoms with Gasteiger partial charge in [-0.15, -0.1) is 0 Å². The zero-order chi connectivity index (χ0) is 20.8. The molecule has 1 unspecified atom stereocenters. The molecule has 1 fully saturated rings. The van der Waals surface area contributed by atoms with Crippen molar-refractivity contribution in [2.75, 3.05) is 20.2 Å². The van der Waals surface area contributed by atoms with Crippen LogP contribution in [0.2, 0.25) is 10.0 Å². The molecule has 6 nitrogen and oxygen atoms in total. The zero-order valence-corrected chi connectivity index (χ0v) is 17.8. The normalized spacial score (nSPS) is 16.0. The van der Waals surface area contributed by atoms with Gasteiger partial charge >= 0.3 is 5.97 Å². The lowest BCUT2D eigenvalue weighted by atomic mass is 9.95. The summed E-state index contributed by atoms with van der Waals surface area (Å²) in [6, 6.07) is 3.96. The minimum absolute atomic E-state index is 0.143. The Labute approximate surface area is 175 Å². The van der Waals surface area contributed by atoms with Crippen molar-refractivity contribution in [1.29, 1.82) is 0 Å². The van der Waals surface area contributed by atoms with Crippen LogP contribution < -0.4 is 5.32 Å². The molecule has 1 atom stereocenters. The van der Waals surface area contributed by atoms with Gasteiger partial charge in [-0.25, -0.2) is 0 Å². The second-order valence-electron chi connectivity index (χ2n) is 7.40. The molecule has 8 heteroatoms. The Hall–Kier alpha value is -1.79. The van der Waals surface area contributed by atoms with E-state index in [0.717, 1.165) is 0 Å². The largest absolute Gasteiger partial charge is 0.469 e. The number of hydrogen-bond donors (Lipinski definition) is 1. The second-order valence-corrected chi connectivity index (χ2v) is 8.25. The van der Waals surface area contributed by atoms with Crippen molar-refractivity contribution in [3.63, 3.8) is 0 Å². The van der Waals surface area contributed by atoms with E-state index in [9.17, 15) is 14.4 Å². The first-order valence-electron chi connectivity index (χ1n) is 9.35. The highest BCUT2D eigenvalue weighted by Crippen LogP contribution is 2.23. The fourth-order valence-corrected chi connectivity index (χ4v) is 3.82. The molecule has 1 aliphatic heterocycles. The van der Waals surface area contributed by atoms with Gasteiger partial charge in [0, 0.05) is 18.1 Å². The molecule has 154 valence electrons. The number of likely N-dealkylation sites (tertiary alicyclic amines) is 1. The number of halogens is 2. The summed E-state index contributed by atoms with van der Waals surface area (Å²) < 4.78 is 4.79. The smallest absolute Gasteiger partial charge is 0.308 e. The SMILES string of the molecule is COC(=O)C1CCN(C(=O)C(CC(C)C)NC(=O)c2ccc(Cl)cc2Cl)CC1. The number of methoxy groups -OCH3 is 1. The van der Waals surface area contributed by atoms with E-state index in [0.29, 0.717) is 37.4 Å². The van der Waals surface area contributed by atoms with Gasteiger partial charge in [0.1, 0.15) is 6.04 Å². The number of esters is 1. The van der Waals surface area contributed by atoms with E-state index in [-0.39, 0.29) is 34.3 Å². The molecule has 0 bridgehead atoms. The number of rotatable bonds is 6. The summed E-state index contributed by atoms with van der Waals surface area (Å²) in [4.78, 5) is 39.1. The first-order chi connectivity index (χ1) is 13.2. The van der Waals surface area contributed by atoms with E-state index in [1.807, 2.05) is 13.8 Å². The maximum Gasteiger partial charge on any atom is 0.308 e. The van der Waals surface area contributed by atoms with Crippen LogP contribution in [0.25, 0.3) is 0 Å².